The van der Waals surface area contributed by atoms with Gasteiger partial charge in [-0.25, -0.2) is 4.79 Å². The lowest BCUT2D eigenvalue weighted by atomic mass is 10.1. The number of likely N-dealkylation sites (tertiary alicyclic amines) is 1. The van der Waals surface area contributed by atoms with Crippen LogP contribution >= 0.6 is 0 Å². The number of carbonyl (C=O) groups excluding carboxylic acids is 2. The van der Waals surface area contributed by atoms with E-state index in [0.29, 0.717) is 11.4 Å². The molecule has 2 heterocycles. The van der Waals surface area contributed by atoms with Crippen molar-refractivity contribution in [3.05, 3.63) is 11.4 Å². The van der Waals surface area contributed by atoms with Crippen molar-refractivity contribution in [3.8, 4) is 0 Å². The van der Waals surface area contributed by atoms with Crippen LogP contribution in [-0.4, -0.2) is 46.3 Å². The van der Waals surface area contributed by atoms with Gasteiger partial charge in [-0.1, -0.05) is 0 Å². The molecule has 0 bridgehead atoms. The van der Waals surface area contributed by atoms with E-state index in [2.05, 4.69) is 5.10 Å². The van der Waals surface area contributed by atoms with Gasteiger partial charge in [0.25, 0.3) is 5.91 Å². The maximum absolute atomic E-state index is 12.0. The normalized spacial score (nSPS) is 15.2. The zero-order chi connectivity index (χ0) is 14.7. The molecule has 20 heavy (non-hydrogen) atoms. The summed E-state index contributed by atoms with van der Waals surface area (Å²) in [5.41, 5.74) is 6.83. The number of anilines is 1. The first-order valence-corrected chi connectivity index (χ1v) is 6.74. The van der Waals surface area contributed by atoms with E-state index in [1.54, 1.807) is 18.9 Å². The molecule has 0 unspecified atom stereocenters. The fourth-order valence-electron chi connectivity index (χ4n) is 2.35. The number of aromatic nitrogens is 2. The maximum atomic E-state index is 12.0. The second-order valence-corrected chi connectivity index (χ2v) is 4.99. The largest absolute Gasteiger partial charge is 0.451 e. The van der Waals surface area contributed by atoms with Gasteiger partial charge in [-0.15, -0.1) is 0 Å². The molecule has 1 aromatic rings. The van der Waals surface area contributed by atoms with E-state index in [0.717, 1.165) is 32.4 Å². The fraction of sp³-hybridized carbons (Fsp3) is 0.615. The molecule has 1 aliphatic heterocycles. The first kappa shape index (κ1) is 14.4. The zero-order valence-electron chi connectivity index (χ0n) is 11.9. The first-order valence-electron chi connectivity index (χ1n) is 6.74. The quantitative estimate of drug-likeness (QED) is 0.813. The number of rotatable bonds is 3. The molecule has 0 atom stereocenters. The molecule has 110 valence electrons. The van der Waals surface area contributed by atoms with Crippen molar-refractivity contribution in [2.24, 2.45) is 7.05 Å². The van der Waals surface area contributed by atoms with Crippen LogP contribution in [0.3, 0.4) is 0 Å². The number of ether oxygens (including phenoxy) is 1. The second kappa shape index (κ2) is 5.94. The molecule has 1 aliphatic rings. The van der Waals surface area contributed by atoms with Crippen LogP contribution in [0.1, 0.15) is 35.4 Å². The van der Waals surface area contributed by atoms with E-state index in [9.17, 15) is 9.59 Å². The van der Waals surface area contributed by atoms with E-state index < -0.39 is 5.97 Å². The number of nitrogens with two attached hydrogens (primary N) is 1. The number of hydrogen-bond acceptors (Lipinski definition) is 5. The van der Waals surface area contributed by atoms with Crippen molar-refractivity contribution < 1.29 is 14.3 Å². The lowest BCUT2D eigenvalue weighted by Gasteiger charge is -2.26. The van der Waals surface area contributed by atoms with Crippen LogP contribution in [0.4, 0.5) is 5.69 Å². The molecule has 2 N–H and O–H groups in total. The first-order chi connectivity index (χ1) is 9.50. The van der Waals surface area contributed by atoms with Crippen molar-refractivity contribution >= 4 is 17.6 Å². The molecule has 7 nitrogen and oxygen atoms in total. The number of hydrogen-bond donors (Lipinski definition) is 1. The van der Waals surface area contributed by atoms with Gasteiger partial charge in [0.1, 0.15) is 0 Å². The number of amides is 1. The molecule has 1 fully saturated rings. The lowest BCUT2D eigenvalue weighted by molar-refractivity contribution is -0.135. The summed E-state index contributed by atoms with van der Waals surface area (Å²) in [4.78, 5) is 25.6. The van der Waals surface area contributed by atoms with Gasteiger partial charge >= 0.3 is 5.97 Å². The Morgan fingerprint density at radius 3 is 2.50 bits per heavy atom. The van der Waals surface area contributed by atoms with Gasteiger partial charge in [0, 0.05) is 20.1 Å². The Hall–Kier alpha value is -2.05. The standard InChI is InChI=1S/C13H20N4O3/c1-9-11(14)12(16(2)15-9)13(19)20-8-10(18)17-6-4-3-5-7-17/h3-8,14H2,1-2H3. The Labute approximate surface area is 117 Å². The molecule has 2 rings (SSSR count). The smallest absolute Gasteiger partial charge is 0.359 e. The van der Waals surface area contributed by atoms with Crippen LogP contribution in [-0.2, 0) is 16.6 Å². The minimum absolute atomic E-state index is 0.157. The van der Waals surface area contributed by atoms with Crippen molar-refractivity contribution in [1.82, 2.24) is 14.7 Å². The topological polar surface area (TPSA) is 90.5 Å². The van der Waals surface area contributed by atoms with Gasteiger partial charge in [-0.3, -0.25) is 9.48 Å². The molecule has 0 spiro atoms. The number of esters is 1. The molecule has 1 saturated heterocycles. The van der Waals surface area contributed by atoms with Gasteiger partial charge in [0.05, 0.1) is 11.4 Å². The summed E-state index contributed by atoms with van der Waals surface area (Å²) in [6.45, 7) is 2.94. The van der Waals surface area contributed by atoms with Gasteiger partial charge < -0.3 is 15.4 Å². The highest BCUT2D eigenvalue weighted by atomic mass is 16.5. The van der Waals surface area contributed by atoms with Crippen LogP contribution < -0.4 is 5.73 Å². The second-order valence-electron chi connectivity index (χ2n) is 4.99. The molecular formula is C13H20N4O3. The van der Waals surface area contributed by atoms with Gasteiger partial charge in [0.2, 0.25) is 0 Å². The van der Waals surface area contributed by atoms with Gasteiger partial charge in [-0.2, -0.15) is 5.10 Å². The summed E-state index contributed by atoms with van der Waals surface area (Å²) in [5, 5.41) is 4.04. The minimum Gasteiger partial charge on any atom is -0.451 e. The third kappa shape index (κ3) is 2.92. The van der Waals surface area contributed by atoms with E-state index in [4.69, 9.17) is 10.5 Å². The predicted octanol–water partition coefficient (Wildman–Crippen LogP) is 0.480. The van der Waals surface area contributed by atoms with Crippen LogP contribution in [0.15, 0.2) is 0 Å². The fourth-order valence-corrected chi connectivity index (χ4v) is 2.35. The Balaban J connectivity index is 1.93. The summed E-state index contributed by atoms with van der Waals surface area (Å²) in [7, 11) is 1.62. The highest BCUT2D eigenvalue weighted by Gasteiger charge is 2.22. The van der Waals surface area contributed by atoms with Crippen molar-refractivity contribution in [3.63, 3.8) is 0 Å². The summed E-state index contributed by atoms with van der Waals surface area (Å²) in [5.74, 6) is -0.772. The number of aryl methyl sites for hydroxylation is 2. The predicted molar refractivity (Wildman–Crippen MR) is 73.1 cm³/mol. The van der Waals surface area contributed by atoms with Gasteiger partial charge in [-0.05, 0) is 26.2 Å². The highest BCUT2D eigenvalue weighted by molar-refractivity contribution is 5.95. The summed E-state index contributed by atoms with van der Waals surface area (Å²) in [6.07, 6.45) is 3.16. The SMILES string of the molecule is Cc1nn(C)c(C(=O)OCC(=O)N2CCCCC2)c1N. The van der Waals surface area contributed by atoms with Crippen LogP contribution in [0.2, 0.25) is 0 Å². The molecule has 0 radical (unpaired) electrons. The lowest BCUT2D eigenvalue weighted by Crippen LogP contribution is -2.38. The van der Waals surface area contributed by atoms with Crippen LogP contribution in [0.25, 0.3) is 0 Å². The number of piperidine rings is 1. The number of carbonyl (C=O) groups is 2. The van der Waals surface area contributed by atoms with E-state index in [1.165, 1.54) is 4.68 Å². The summed E-state index contributed by atoms with van der Waals surface area (Å²) < 4.78 is 6.42. The third-order valence-electron chi connectivity index (χ3n) is 3.50. The Morgan fingerprint density at radius 2 is 1.95 bits per heavy atom. The number of nitrogens with zero attached hydrogens (tertiary/aromatic N) is 3. The highest BCUT2D eigenvalue weighted by Crippen LogP contribution is 2.16. The molecule has 0 aromatic carbocycles. The van der Waals surface area contributed by atoms with Crippen molar-refractivity contribution in [2.75, 3.05) is 25.4 Å². The Morgan fingerprint density at radius 1 is 1.30 bits per heavy atom. The van der Waals surface area contributed by atoms with Crippen LogP contribution in [0.5, 0.6) is 0 Å². The Kier molecular flexibility index (Phi) is 4.26. The molecule has 0 aliphatic carbocycles. The number of nitrogen functional groups attached to an aromatic ring is 1. The zero-order valence-corrected chi connectivity index (χ0v) is 11.9. The molecule has 1 aromatic heterocycles. The summed E-state index contributed by atoms with van der Waals surface area (Å²) in [6, 6.07) is 0. The molecular weight excluding hydrogens is 260 g/mol. The van der Waals surface area contributed by atoms with Crippen molar-refractivity contribution in [1.29, 1.82) is 0 Å². The monoisotopic (exact) mass is 280 g/mol. The third-order valence-corrected chi connectivity index (χ3v) is 3.50. The summed E-state index contributed by atoms with van der Waals surface area (Å²) >= 11 is 0. The van der Waals surface area contributed by atoms with E-state index in [1.807, 2.05) is 0 Å². The van der Waals surface area contributed by atoms with E-state index in [-0.39, 0.29) is 18.2 Å². The molecule has 0 saturated carbocycles. The Bertz CT molecular complexity index is 518. The van der Waals surface area contributed by atoms with E-state index >= 15 is 0 Å². The maximum Gasteiger partial charge on any atom is 0.359 e. The van der Waals surface area contributed by atoms with Gasteiger partial charge in [0.15, 0.2) is 12.3 Å². The average Bonchev–Trinajstić information content (AvgIpc) is 2.70. The van der Waals surface area contributed by atoms with Crippen LogP contribution in [0, 0.1) is 6.92 Å². The average molecular weight is 280 g/mol. The molecule has 1 amide bonds. The minimum atomic E-state index is -0.615. The molecule has 7 heteroatoms. The van der Waals surface area contributed by atoms with Crippen molar-refractivity contribution in [2.45, 2.75) is 26.2 Å².